The molecule has 0 aliphatic heterocycles. The zero-order chi connectivity index (χ0) is 18.5. The van der Waals surface area contributed by atoms with Crippen LogP contribution in [0.2, 0.25) is 0 Å². The van der Waals surface area contributed by atoms with Crippen LogP contribution in [-0.4, -0.2) is 39.8 Å². The second-order valence-electron chi connectivity index (χ2n) is 6.23. The number of amides is 1. The van der Waals surface area contributed by atoms with Crippen LogP contribution in [0, 0.1) is 6.92 Å². The molecule has 0 radical (unpaired) electrons. The van der Waals surface area contributed by atoms with Crippen molar-refractivity contribution in [2.75, 3.05) is 19.6 Å². The Morgan fingerprint density at radius 1 is 1.19 bits per heavy atom. The normalized spacial score (nSPS) is 10.8. The maximum absolute atomic E-state index is 12.9. The number of nitrogens with two attached hydrogens (primary N) is 1. The third-order valence-corrected chi connectivity index (χ3v) is 4.30. The van der Waals surface area contributed by atoms with Gasteiger partial charge in [0.2, 0.25) is 0 Å². The monoisotopic (exact) mass is 350 g/mol. The van der Waals surface area contributed by atoms with Crippen molar-refractivity contribution in [2.45, 2.75) is 13.3 Å². The number of hydrogen-bond donors (Lipinski definition) is 1. The number of benzene rings is 1. The predicted molar refractivity (Wildman–Crippen MR) is 101 cm³/mol. The van der Waals surface area contributed by atoms with E-state index in [9.17, 15) is 9.59 Å². The summed E-state index contributed by atoms with van der Waals surface area (Å²) >= 11 is 0. The van der Waals surface area contributed by atoms with E-state index in [-0.39, 0.29) is 17.0 Å². The Hall–Kier alpha value is -2.99. The molecule has 2 N–H and O–H groups in total. The summed E-state index contributed by atoms with van der Waals surface area (Å²) in [6.07, 6.45) is 3.72. The number of pyridine rings is 1. The SMILES string of the molecule is Cc1ccn2c(=O)c(C(=O)N(CCN)CCc3ccccc3)cnc2c1. The molecule has 2 aromatic heterocycles. The first-order valence-electron chi connectivity index (χ1n) is 8.61. The molecular formula is C20H22N4O2. The Labute approximate surface area is 151 Å². The lowest BCUT2D eigenvalue weighted by Crippen LogP contribution is -2.40. The molecule has 0 unspecified atom stereocenters. The van der Waals surface area contributed by atoms with Crippen LogP contribution < -0.4 is 11.3 Å². The molecule has 0 fully saturated rings. The number of carbonyl (C=O) groups is 1. The highest BCUT2D eigenvalue weighted by atomic mass is 16.2. The first-order valence-corrected chi connectivity index (χ1v) is 8.61. The van der Waals surface area contributed by atoms with E-state index in [2.05, 4.69) is 4.98 Å². The van der Waals surface area contributed by atoms with Crippen molar-refractivity contribution >= 4 is 11.6 Å². The molecule has 26 heavy (non-hydrogen) atoms. The fraction of sp³-hybridized carbons (Fsp3) is 0.250. The van der Waals surface area contributed by atoms with E-state index < -0.39 is 0 Å². The average molecular weight is 350 g/mol. The van der Waals surface area contributed by atoms with Crippen LogP contribution in [0.3, 0.4) is 0 Å². The maximum Gasteiger partial charge on any atom is 0.270 e. The summed E-state index contributed by atoms with van der Waals surface area (Å²) in [5, 5.41) is 0. The summed E-state index contributed by atoms with van der Waals surface area (Å²) < 4.78 is 1.40. The Balaban J connectivity index is 1.87. The first kappa shape index (κ1) is 17.8. The molecule has 0 aliphatic rings. The number of aryl methyl sites for hydroxylation is 1. The first-order chi connectivity index (χ1) is 12.6. The van der Waals surface area contributed by atoms with Crippen molar-refractivity contribution < 1.29 is 4.79 Å². The molecule has 0 aliphatic carbocycles. The van der Waals surface area contributed by atoms with Crippen molar-refractivity contribution in [3.05, 3.63) is 81.9 Å². The van der Waals surface area contributed by atoms with Gasteiger partial charge in [-0.25, -0.2) is 4.98 Å². The Kier molecular flexibility index (Phi) is 5.43. The number of rotatable bonds is 6. The number of aromatic nitrogens is 2. The Bertz CT molecular complexity index is 966. The number of fused-ring (bicyclic) bond motifs is 1. The van der Waals surface area contributed by atoms with Crippen LogP contribution in [0.25, 0.3) is 5.65 Å². The molecule has 3 aromatic rings. The van der Waals surface area contributed by atoms with E-state index in [0.717, 1.165) is 11.1 Å². The summed E-state index contributed by atoms with van der Waals surface area (Å²) in [5.74, 6) is -0.334. The van der Waals surface area contributed by atoms with Gasteiger partial charge in [-0.15, -0.1) is 0 Å². The lowest BCUT2D eigenvalue weighted by molar-refractivity contribution is 0.0759. The van der Waals surface area contributed by atoms with Crippen LogP contribution in [-0.2, 0) is 6.42 Å². The summed E-state index contributed by atoms with van der Waals surface area (Å²) in [4.78, 5) is 31.5. The van der Waals surface area contributed by atoms with Crippen LogP contribution in [0.15, 0.2) is 59.7 Å². The van der Waals surface area contributed by atoms with Gasteiger partial charge in [0, 0.05) is 32.0 Å². The molecule has 2 heterocycles. The highest BCUT2D eigenvalue weighted by molar-refractivity contribution is 5.93. The van der Waals surface area contributed by atoms with Gasteiger partial charge >= 0.3 is 0 Å². The third-order valence-electron chi connectivity index (χ3n) is 4.30. The van der Waals surface area contributed by atoms with Crippen molar-refractivity contribution in [3.8, 4) is 0 Å². The van der Waals surface area contributed by atoms with Gasteiger partial charge in [0.05, 0.1) is 0 Å². The summed E-state index contributed by atoms with van der Waals surface area (Å²) in [6.45, 7) is 3.15. The fourth-order valence-electron chi connectivity index (χ4n) is 2.87. The van der Waals surface area contributed by atoms with E-state index >= 15 is 0 Å². The smallest absolute Gasteiger partial charge is 0.270 e. The van der Waals surface area contributed by atoms with Gasteiger partial charge in [-0.05, 0) is 36.6 Å². The van der Waals surface area contributed by atoms with Gasteiger partial charge in [0.1, 0.15) is 11.2 Å². The molecule has 6 nitrogen and oxygen atoms in total. The van der Waals surface area contributed by atoms with Crippen LogP contribution in [0.5, 0.6) is 0 Å². The zero-order valence-electron chi connectivity index (χ0n) is 14.8. The molecule has 3 rings (SSSR count). The number of hydrogen-bond acceptors (Lipinski definition) is 4. The Morgan fingerprint density at radius 3 is 2.69 bits per heavy atom. The number of carbonyl (C=O) groups excluding carboxylic acids is 1. The molecule has 1 amide bonds. The van der Waals surface area contributed by atoms with Gasteiger partial charge in [-0.3, -0.25) is 14.0 Å². The highest BCUT2D eigenvalue weighted by Gasteiger charge is 2.20. The molecule has 0 saturated heterocycles. The minimum atomic E-state index is -0.360. The lowest BCUT2D eigenvalue weighted by atomic mass is 10.1. The second kappa shape index (κ2) is 7.93. The molecule has 0 spiro atoms. The predicted octanol–water partition coefficient (Wildman–Crippen LogP) is 1.65. The van der Waals surface area contributed by atoms with Crippen molar-refractivity contribution in [1.82, 2.24) is 14.3 Å². The quantitative estimate of drug-likeness (QED) is 0.733. The molecule has 134 valence electrons. The second-order valence-corrected chi connectivity index (χ2v) is 6.23. The molecule has 0 bridgehead atoms. The maximum atomic E-state index is 12.9. The molecule has 1 aromatic carbocycles. The van der Waals surface area contributed by atoms with Crippen LogP contribution >= 0.6 is 0 Å². The van der Waals surface area contributed by atoms with Gasteiger partial charge < -0.3 is 10.6 Å². The lowest BCUT2D eigenvalue weighted by Gasteiger charge is -2.22. The van der Waals surface area contributed by atoms with E-state index in [0.29, 0.717) is 31.7 Å². The molecule has 0 atom stereocenters. The summed E-state index contributed by atoms with van der Waals surface area (Å²) in [6, 6.07) is 13.5. The summed E-state index contributed by atoms with van der Waals surface area (Å²) in [5.41, 5.74) is 8.03. The standard InChI is InChI=1S/C20H22N4O2/c1-15-7-11-24-18(13-15)22-14-17(20(24)26)19(25)23(12-9-21)10-8-16-5-3-2-4-6-16/h2-7,11,13-14H,8-10,12,21H2,1H3. The van der Waals surface area contributed by atoms with E-state index in [1.165, 1.54) is 10.6 Å². The average Bonchev–Trinajstić information content (AvgIpc) is 2.65. The van der Waals surface area contributed by atoms with Crippen LogP contribution in [0.4, 0.5) is 0 Å². The van der Waals surface area contributed by atoms with Crippen LogP contribution in [0.1, 0.15) is 21.5 Å². The van der Waals surface area contributed by atoms with E-state index in [1.54, 1.807) is 11.1 Å². The van der Waals surface area contributed by atoms with Gasteiger partial charge in [-0.2, -0.15) is 0 Å². The van der Waals surface area contributed by atoms with Crippen molar-refractivity contribution in [3.63, 3.8) is 0 Å². The highest BCUT2D eigenvalue weighted by Crippen LogP contribution is 2.07. The molecule has 6 heteroatoms. The molecular weight excluding hydrogens is 328 g/mol. The zero-order valence-corrected chi connectivity index (χ0v) is 14.8. The number of nitrogens with zero attached hydrogens (tertiary/aromatic N) is 3. The van der Waals surface area contributed by atoms with Crippen molar-refractivity contribution in [1.29, 1.82) is 0 Å². The third kappa shape index (κ3) is 3.81. The summed E-state index contributed by atoms with van der Waals surface area (Å²) in [7, 11) is 0. The van der Waals surface area contributed by atoms with E-state index in [1.807, 2.05) is 49.4 Å². The van der Waals surface area contributed by atoms with Gasteiger partial charge in [0.25, 0.3) is 11.5 Å². The van der Waals surface area contributed by atoms with Crippen molar-refractivity contribution in [2.24, 2.45) is 5.73 Å². The largest absolute Gasteiger partial charge is 0.337 e. The minimum Gasteiger partial charge on any atom is -0.337 e. The van der Waals surface area contributed by atoms with Gasteiger partial charge in [-0.1, -0.05) is 30.3 Å². The van der Waals surface area contributed by atoms with E-state index in [4.69, 9.17) is 5.73 Å². The minimum absolute atomic E-state index is 0.0628. The topological polar surface area (TPSA) is 80.7 Å². The van der Waals surface area contributed by atoms with Gasteiger partial charge in [0.15, 0.2) is 0 Å². The fourth-order valence-corrected chi connectivity index (χ4v) is 2.87. The Morgan fingerprint density at radius 2 is 1.96 bits per heavy atom. The molecule has 0 saturated carbocycles.